The van der Waals surface area contributed by atoms with E-state index in [4.69, 9.17) is 15.5 Å². The lowest BCUT2D eigenvalue weighted by Crippen LogP contribution is -2.42. The lowest BCUT2D eigenvalue weighted by atomic mass is 9.88. The molecule has 0 aromatic heterocycles. The molecule has 5 heteroatoms. The number of likely N-dealkylation sites (tertiary alicyclic amines) is 1. The fraction of sp³-hybridized carbons (Fsp3) is 0.407. The number of benzene rings is 2. The third kappa shape index (κ3) is 6.00. The highest BCUT2D eigenvalue weighted by Gasteiger charge is 2.29. The Kier molecular flexibility index (Phi) is 7.39. The Balaban J connectivity index is 1.85. The van der Waals surface area contributed by atoms with E-state index in [1.165, 1.54) is 0 Å². The minimum Gasteiger partial charge on any atom is -0.444 e. The van der Waals surface area contributed by atoms with Crippen molar-refractivity contribution in [3.8, 4) is 0 Å². The number of amides is 1. The van der Waals surface area contributed by atoms with Crippen molar-refractivity contribution in [2.45, 2.75) is 53.1 Å². The monoisotopic (exact) mass is 433 g/mol. The number of nitrogens with two attached hydrogens (primary N) is 1. The highest BCUT2D eigenvalue weighted by molar-refractivity contribution is 6.14. The first-order chi connectivity index (χ1) is 15.2. The molecule has 170 valence electrons. The number of hydrogen-bond acceptors (Lipinski definition) is 4. The molecule has 2 aromatic carbocycles. The summed E-state index contributed by atoms with van der Waals surface area (Å²) in [6.45, 7) is 11.1. The van der Waals surface area contributed by atoms with Gasteiger partial charge in [-0.15, -0.1) is 0 Å². The van der Waals surface area contributed by atoms with Crippen molar-refractivity contribution in [3.05, 3.63) is 77.0 Å². The van der Waals surface area contributed by atoms with Crippen LogP contribution in [0.2, 0.25) is 0 Å². The molecule has 1 saturated heterocycles. The molecule has 0 bridgehead atoms. The number of hydrogen-bond donors (Lipinski definition) is 1. The maximum atomic E-state index is 12.4. The lowest BCUT2D eigenvalue weighted by Gasteiger charge is -2.34. The first-order valence-electron chi connectivity index (χ1n) is 11.3. The van der Waals surface area contributed by atoms with Crippen LogP contribution in [0.15, 0.2) is 70.9 Å². The van der Waals surface area contributed by atoms with Crippen LogP contribution >= 0.6 is 0 Å². The van der Waals surface area contributed by atoms with Crippen molar-refractivity contribution in [1.82, 2.24) is 4.90 Å². The molecular formula is C27H35N3O2. The molecule has 0 atom stereocenters. The first kappa shape index (κ1) is 23.6. The Bertz CT molecular complexity index is 995. The molecule has 0 saturated carbocycles. The summed E-state index contributed by atoms with van der Waals surface area (Å²) in [6.07, 6.45) is 1.38. The van der Waals surface area contributed by atoms with Gasteiger partial charge < -0.3 is 15.4 Å². The summed E-state index contributed by atoms with van der Waals surface area (Å²) in [4.78, 5) is 19.2. The predicted molar refractivity (Wildman–Crippen MR) is 131 cm³/mol. The summed E-state index contributed by atoms with van der Waals surface area (Å²) in [6, 6.07) is 18.2. The summed E-state index contributed by atoms with van der Waals surface area (Å²) < 4.78 is 5.52. The Morgan fingerprint density at radius 1 is 1.03 bits per heavy atom. The number of aliphatic imine (C=N–C) groups is 1. The van der Waals surface area contributed by atoms with Crippen LogP contribution in [-0.2, 0) is 4.74 Å². The fourth-order valence-electron chi connectivity index (χ4n) is 3.96. The van der Waals surface area contributed by atoms with Gasteiger partial charge in [-0.3, -0.25) is 0 Å². The number of rotatable bonds is 4. The second-order valence-electron chi connectivity index (χ2n) is 9.43. The van der Waals surface area contributed by atoms with Gasteiger partial charge >= 0.3 is 6.09 Å². The van der Waals surface area contributed by atoms with Crippen LogP contribution in [0.25, 0.3) is 0 Å². The van der Waals surface area contributed by atoms with E-state index in [9.17, 15) is 4.79 Å². The van der Waals surface area contributed by atoms with Gasteiger partial charge in [-0.2, -0.15) is 0 Å². The SMILES string of the molecule is C/C(C(=Nc1ccccc1)c1ccccc1C)=C(/N)C1CCN(C(=O)OC(C)(C)C)CC1. The summed E-state index contributed by atoms with van der Waals surface area (Å²) in [5.41, 5.74) is 12.1. The smallest absolute Gasteiger partial charge is 0.410 e. The highest BCUT2D eigenvalue weighted by Crippen LogP contribution is 2.28. The van der Waals surface area contributed by atoms with Crippen molar-refractivity contribution in [2.75, 3.05) is 13.1 Å². The minimum atomic E-state index is -0.486. The molecule has 0 unspecified atom stereocenters. The molecular weight excluding hydrogens is 398 g/mol. The van der Waals surface area contributed by atoms with E-state index in [0.717, 1.165) is 46.6 Å². The largest absolute Gasteiger partial charge is 0.444 e. The molecule has 0 aliphatic carbocycles. The molecule has 1 fully saturated rings. The van der Waals surface area contributed by atoms with Gasteiger partial charge in [0.2, 0.25) is 0 Å². The lowest BCUT2D eigenvalue weighted by molar-refractivity contribution is 0.0194. The van der Waals surface area contributed by atoms with Crippen LogP contribution in [0.4, 0.5) is 10.5 Å². The van der Waals surface area contributed by atoms with E-state index in [-0.39, 0.29) is 12.0 Å². The quantitative estimate of drug-likeness (QED) is 0.602. The third-order valence-electron chi connectivity index (χ3n) is 5.77. The molecule has 1 aliphatic heterocycles. The van der Waals surface area contributed by atoms with E-state index in [2.05, 4.69) is 26.0 Å². The van der Waals surface area contributed by atoms with Crippen LogP contribution in [0.3, 0.4) is 0 Å². The van der Waals surface area contributed by atoms with Crippen molar-refractivity contribution >= 4 is 17.5 Å². The number of para-hydroxylation sites is 1. The number of nitrogens with zero attached hydrogens (tertiary/aromatic N) is 2. The minimum absolute atomic E-state index is 0.207. The molecule has 3 rings (SSSR count). The zero-order valence-electron chi connectivity index (χ0n) is 19.9. The number of aryl methyl sites for hydroxylation is 1. The number of allylic oxidation sites excluding steroid dienone is 2. The van der Waals surface area contributed by atoms with E-state index >= 15 is 0 Å². The molecule has 1 heterocycles. The first-order valence-corrected chi connectivity index (χ1v) is 11.3. The van der Waals surface area contributed by atoms with Crippen LogP contribution in [0.5, 0.6) is 0 Å². The third-order valence-corrected chi connectivity index (χ3v) is 5.77. The van der Waals surface area contributed by atoms with E-state index in [0.29, 0.717) is 13.1 Å². The van der Waals surface area contributed by atoms with Gasteiger partial charge in [0.05, 0.1) is 11.4 Å². The molecule has 0 radical (unpaired) electrons. The zero-order valence-corrected chi connectivity index (χ0v) is 19.9. The molecule has 5 nitrogen and oxygen atoms in total. The predicted octanol–water partition coefficient (Wildman–Crippen LogP) is 6.00. The molecule has 2 aromatic rings. The Morgan fingerprint density at radius 3 is 2.22 bits per heavy atom. The standard InChI is InChI=1S/C27H35N3O2/c1-19-11-9-10-14-23(19)25(29-22-12-7-6-8-13-22)20(2)24(28)21-15-17-30(18-16-21)26(31)32-27(3,4)5/h6-14,21H,15-18,28H2,1-5H3/b24-20-,29-25?. The highest BCUT2D eigenvalue weighted by atomic mass is 16.6. The summed E-state index contributed by atoms with van der Waals surface area (Å²) >= 11 is 0. The number of ether oxygens (including phenoxy) is 1. The molecule has 32 heavy (non-hydrogen) atoms. The van der Waals surface area contributed by atoms with E-state index in [1.807, 2.05) is 63.2 Å². The van der Waals surface area contributed by atoms with Crippen LogP contribution in [0, 0.1) is 12.8 Å². The maximum Gasteiger partial charge on any atom is 0.410 e. The number of carbonyl (C=O) groups excluding carboxylic acids is 1. The molecule has 2 N–H and O–H groups in total. The van der Waals surface area contributed by atoms with Gasteiger partial charge in [0.1, 0.15) is 5.60 Å². The average molecular weight is 434 g/mol. The van der Waals surface area contributed by atoms with Crippen molar-refractivity contribution in [1.29, 1.82) is 0 Å². The van der Waals surface area contributed by atoms with Gasteiger partial charge in [0.25, 0.3) is 0 Å². The fourth-order valence-corrected chi connectivity index (χ4v) is 3.96. The van der Waals surface area contributed by atoms with Crippen LogP contribution in [-0.4, -0.2) is 35.4 Å². The van der Waals surface area contributed by atoms with Crippen molar-refractivity contribution in [2.24, 2.45) is 16.6 Å². The number of piperidine rings is 1. The normalized spacial score (nSPS) is 16.5. The Labute approximate surface area is 192 Å². The zero-order chi connectivity index (χ0) is 23.3. The van der Waals surface area contributed by atoms with E-state index in [1.54, 1.807) is 4.90 Å². The topological polar surface area (TPSA) is 67.9 Å². The molecule has 0 spiro atoms. The van der Waals surface area contributed by atoms with Crippen molar-refractivity contribution < 1.29 is 9.53 Å². The molecule has 1 amide bonds. The average Bonchev–Trinajstić information content (AvgIpc) is 2.77. The van der Waals surface area contributed by atoms with Gasteiger partial charge in [-0.05, 0) is 70.7 Å². The second-order valence-corrected chi connectivity index (χ2v) is 9.43. The summed E-state index contributed by atoms with van der Waals surface area (Å²) in [7, 11) is 0. The van der Waals surface area contributed by atoms with Crippen molar-refractivity contribution in [3.63, 3.8) is 0 Å². The van der Waals surface area contributed by atoms with E-state index < -0.39 is 5.60 Å². The number of carbonyl (C=O) groups is 1. The van der Waals surface area contributed by atoms with Crippen LogP contribution in [0.1, 0.15) is 51.7 Å². The Morgan fingerprint density at radius 2 is 1.62 bits per heavy atom. The maximum absolute atomic E-state index is 12.4. The van der Waals surface area contributed by atoms with Gasteiger partial charge in [-0.25, -0.2) is 9.79 Å². The van der Waals surface area contributed by atoms with Gasteiger partial charge in [0.15, 0.2) is 0 Å². The summed E-state index contributed by atoms with van der Waals surface area (Å²) in [5, 5.41) is 0. The second kappa shape index (κ2) is 10.0. The Hall–Kier alpha value is -3.08. The summed E-state index contributed by atoms with van der Waals surface area (Å²) in [5.74, 6) is 0.207. The molecule has 1 aliphatic rings. The van der Waals surface area contributed by atoms with Gasteiger partial charge in [0, 0.05) is 30.3 Å². The van der Waals surface area contributed by atoms with Crippen LogP contribution < -0.4 is 5.73 Å². The van der Waals surface area contributed by atoms with Gasteiger partial charge in [-0.1, -0.05) is 42.5 Å².